The molecule has 0 radical (unpaired) electrons. The van der Waals surface area contributed by atoms with Crippen LogP contribution >= 0.6 is 11.6 Å². The first-order chi connectivity index (χ1) is 17.0. The van der Waals surface area contributed by atoms with Gasteiger partial charge in [0.05, 0.1) is 16.8 Å². The maximum atomic E-state index is 13.5. The Kier molecular flexibility index (Phi) is 5.86. The average Bonchev–Trinajstić information content (AvgIpc) is 3.37. The average molecular weight is 488 g/mol. The minimum absolute atomic E-state index is 0.0227. The molecule has 5 rings (SSSR count). The second-order valence-corrected chi connectivity index (χ2v) is 7.77. The number of carboxylic acids is 1. The highest BCUT2D eigenvalue weighted by Crippen LogP contribution is 2.29. The number of aromatic carboxylic acids is 1. The molecule has 0 saturated carbocycles. The third-order valence-electron chi connectivity index (χ3n) is 5.05. The lowest BCUT2D eigenvalue weighted by Crippen LogP contribution is -2.06. The van der Waals surface area contributed by atoms with Crippen LogP contribution in [0.25, 0.3) is 28.1 Å². The first kappa shape index (κ1) is 22.1. The van der Waals surface area contributed by atoms with Gasteiger partial charge >= 0.3 is 5.97 Å². The molecule has 0 amide bonds. The van der Waals surface area contributed by atoms with E-state index in [1.807, 2.05) is 12.1 Å². The molecule has 4 heterocycles. The van der Waals surface area contributed by atoms with E-state index in [1.165, 1.54) is 42.9 Å². The Hall–Kier alpha value is -4.70. The summed E-state index contributed by atoms with van der Waals surface area (Å²) in [5.74, 6) is -1.07. The van der Waals surface area contributed by atoms with E-state index in [2.05, 4.69) is 30.4 Å². The molecule has 172 valence electrons. The number of hydrogen-bond acceptors (Lipinski definition) is 7. The molecule has 0 saturated heterocycles. The van der Waals surface area contributed by atoms with Gasteiger partial charge in [-0.15, -0.1) is 0 Å². The van der Waals surface area contributed by atoms with E-state index in [1.54, 1.807) is 29.5 Å². The standard InChI is InChI=1S/C24H15ClFN7O2/c25-20-8-18(1-2-21(20)26)31-24-29-12-19(15-7-16(23(34)35)10-28-9-15)22(32-24)33-13-17(11-30-33)14-3-5-27-6-4-14/h1-13H,(H,34,35)(H,29,31,32). The summed E-state index contributed by atoms with van der Waals surface area (Å²) in [7, 11) is 0. The zero-order chi connectivity index (χ0) is 24.4. The van der Waals surface area contributed by atoms with Crippen LogP contribution in [0.1, 0.15) is 10.4 Å². The topological polar surface area (TPSA) is 119 Å². The summed E-state index contributed by atoms with van der Waals surface area (Å²) in [5, 5.41) is 16.8. The Morgan fingerprint density at radius 2 is 1.80 bits per heavy atom. The van der Waals surface area contributed by atoms with Crippen LogP contribution < -0.4 is 5.32 Å². The quantitative estimate of drug-likeness (QED) is 0.342. The van der Waals surface area contributed by atoms with E-state index in [-0.39, 0.29) is 16.5 Å². The summed E-state index contributed by atoms with van der Waals surface area (Å²) < 4.78 is 15.1. The molecule has 11 heteroatoms. The zero-order valence-corrected chi connectivity index (χ0v) is 18.6. The molecule has 0 spiro atoms. The van der Waals surface area contributed by atoms with Gasteiger partial charge in [-0.3, -0.25) is 9.97 Å². The van der Waals surface area contributed by atoms with Gasteiger partial charge in [0.1, 0.15) is 5.82 Å². The fourth-order valence-corrected chi connectivity index (χ4v) is 3.53. The Bertz CT molecular complexity index is 1540. The van der Waals surface area contributed by atoms with E-state index < -0.39 is 11.8 Å². The van der Waals surface area contributed by atoms with Crippen molar-refractivity contribution in [3.05, 3.63) is 96.2 Å². The Balaban J connectivity index is 1.60. The Labute approximate surface area is 202 Å². The van der Waals surface area contributed by atoms with Gasteiger partial charge in [-0.1, -0.05) is 11.6 Å². The van der Waals surface area contributed by atoms with Crippen molar-refractivity contribution >= 4 is 29.2 Å². The number of rotatable bonds is 6. The van der Waals surface area contributed by atoms with E-state index in [4.69, 9.17) is 11.6 Å². The van der Waals surface area contributed by atoms with Crippen LogP contribution in [-0.2, 0) is 0 Å². The van der Waals surface area contributed by atoms with Crippen LogP contribution in [0.2, 0.25) is 5.02 Å². The summed E-state index contributed by atoms with van der Waals surface area (Å²) in [4.78, 5) is 28.5. The van der Waals surface area contributed by atoms with Gasteiger partial charge in [0.25, 0.3) is 0 Å². The van der Waals surface area contributed by atoms with Gasteiger partial charge in [-0.25, -0.2) is 18.9 Å². The van der Waals surface area contributed by atoms with Gasteiger partial charge in [0, 0.05) is 59.6 Å². The van der Waals surface area contributed by atoms with E-state index in [0.717, 1.165) is 11.1 Å². The molecular weight excluding hydrogens is 473 g/mol. The smallest absolute Gasteiger partial charge is 0.337 e. The molecule has 4 aromatic heterocycles. The Morgan fingerprint density at radius 1 is 0.971 bits per heavy atom. The molecule has 0 aliphatic rings. The minimum atomic E-state index is -1.10. The van der Waals surface area contributed by atoms with Gasteiger partial charge in [-0.2, -0.15) is 10.1 Å². The van der Waals surface area contributed by atoms with E-state index >= 15 is 0 Å². The highest BCUT2D eigenvalue weighted by Gasteiger charge is 2.16. The largest absolute Gasteiger partial charge is 0.478 e. The highest BCUT2D eigenvalue weighted by molar-refractivity contribution is 6.31. The zero-order valence-electron chi connectivity index (χ0n) is 17.8. The molecule has 1 aromatic carbocycles. The third-order valence-corrected chi connectivity index (χ3v) is 5.34. The highest BCUT2D eigenvalue weighted by atomic mass is 35.5. The first-order valence-electron chi connectivity index (χ1n) is 10.2. The van der Waals surface area contributed by atoms with Gasteiger partial charge in [0.2, 0.25) is 5.95 Å². The second kappa shape index (κ2) is 9.27. The van der Waals surface area contributed by atoms with Crippen molar-refractivity contribution in [1.82, 2.24) is 29.7 Å². The molecule has 0 fully saturated rings. The lowest BCUT2D eigenvalue weighted by atomic mass is 10.1. The number of aromatic nitrogens is 6. The summed E-state index contributed by atoms with van der Waals surface area (Å²) in [6, 6.07) is 9.36. The lowest BCUT2D eigenvalue weighted by Gasteiger charge is -2.12. The number of anilines is 2. The van der Waals surface area contributed by atoms with E-state index in [9.17, 15) is 14.3 Å². The van der Waals surface area contributed by atoms with Crippen LogP contribution in [-0.4, -0.2) is 40.8 Å². The number of benzene rings is 1. The minimum Gasteiger partial charge on any atom is -0.478 e. The molecular formula is C24H15ClFN7O2. The van der Waals surface area contributed by atoms with Crippen molar-refractivity contribution in [3.63, 3.8) is 0 Å². The molecule has 0 aliphatic heterocycles. The summed E-state index contributed by atoms with van der Waals surface area (Å²) in [6.07, 6.45) is 11.1. The molecule has 2 N–H and O–H groups in total. The van der Waals surface area contributed by atoms with Crippen LogP contribution in [0.5, 0.6) is 0 Å². The molecule has 0 bridgehead atoms. The number of carboxylic acid groups (broad SMARTS) is 1. The van der Waals surface area contributed by atoms with Gasteiger partial charge in [-0.05, 0) is 42.0 Å². The van der Waals surface area contributed by atoms with Crippen molar-refractivity contribution in [3.8, 4) is 28.1 Å². The van der Waals surface area contributed by atoms with Crippen LogP contribution in [0, 0.1) is 5.82 Å². The van der Waals surface area contributed by atoms with Crippen LogP contribution in [0.3, 0.4) is 0 Å². The lowest BCUT2D eigenvalue weighted by molar-refractivity contribution is 0.0696. The van der Waals surface area contributed by atoms with Crippen molar-refractivity contribution < 1.29 is 14.3 Å². The molecule has 5 aromatic rings. The summed E-state index contributed by atoms with van der Waals surface area (Å²) >= 11 is 5.88. The molecule has 0 aliphatic carbocycles. The molecule has 9 nitrogen and oxygen atoms in total. The summed E-state index contributed by atoms with van der Waals surface area (Å²) in [6.45, 7) is 0. The Morgan fingerprint density at radius 3 is 2.57 bits per heavy atom. The molecule has 35 heavy (non-hydrogen) atoms. The molecule has 0 atom stereocenters. The SMILES string of the molecule is O=C(O)c1cncc(-c2cnc(Nc3ccc(F)c(Cl)c3)nc2-n2cc(-c3ccncc3)cn2)c1. The third kappa shape index (κ3) is 4.68. The fraction of sp³-hybridized carbons (Fsp3) is 0. The predicted molar refractivity (Wildman–Crippen MR) is 127 cm³/mol. The van der Waals surface area contributed by atoms with Crippen molar-refractivity contribution in [1.29, 1.82) is 0 Å². The second-order valence-electron chi connectivity index (χ2n) is 7.36. The first-order valence-corrected chi connectivity index (χ1v) is 10.6. The maximum Gasteiger partial charge on any atom is 0.337 e. The summed E-state index contributed by atoms with van der Waals surface area (Å²) in [5.41, 5.74) is 3.26. The maximum absolute atomic E-state index is 13.5. The normalized spacial score (nSPS) is 10.8. The number of pyridine rings is 2. The van der Waals surface area contributed by atoms with Crippen molar-refractivity contribution in [2.24, 2.45) is 0 Å². The van der Waals surface area contributed by atoms with Crippen molar-refractivity contribution in [2.45, 2.75) is 0 Å². The van der Waals surface area contributed by atoms with Crippen molar-refractivity contribution in [2.75, 3.05) is 5.32 Å². The fourth-order valence-electron chi connectivity index (χ4n) is 3.35. The monoisotopic (exact) mass is 487 g/mol. The number of halogens is 2. The van der Waals surface area contributed by atoms with E-state index in [0.29, 0.717) is 22.6 Å². The van der Waals surface area contributed by atoms with Crippen LogP contribution in [0.4, 0.5) is 16.0 Å². The number of nitrogens with zero attached hydrogens (tertiary/aromatic N) is 6. The molecule has 0 unspecified atom stereocenters. The number of hydrogen-bond donors (Lipinski definition) is 2. The van der Waals surface area contributed by atoms with Gasteiger partial charge in [0.15, 0.2) is 5.82 Å². The van der Waals surface area contributed by atoms with Gasteiger partial charge < -0.3 is 10.4 Å². The number of carbonyl (C=O) groups is 1. The van der Waals surface area contributed by atoms with Crippen LogP contribution in [0.15, 0.2) is 79.8 Å². The number of nitrogens with one attached hydrogen (secondary N) is 1. The predicted octanol–water partition coefficient (Wildman–Crippen LogP) is 5.02.